The highest BCUT2D eigenvalue weighted by molar-refractivity contribution is 6.09. The molecule has 132 valence electrons. The molecule has 0 aliphatic rings. The fourth-order valence-electron chi connectivity index (χ4n) is 2.19. The summed E-state index contributed by atoms with van der Waals surface area (Å²) in [5, 5.41) is 11.2. The number of nitrogens with zero attached hydrogens (tertiary/aromatic N) is 1. The van der Waals surface area contributed by atoms with E-state index < -0.39 is 4.92 Å². The molecule has 2 rings (SSSR count). The van der Waals surface area contributed by atoms with Crippen LogP contribution in [-0.4, -0.2) is 37.8 Å². The van der Waals surface area contributed by atoms with Crippen LogP contribution < -0.4 is 0 Å². The summed E-state index contributed by atoms with van der Waals surface area (Å²) < 4.78 is 15.3. The van der Waals surface area contributed by atoms with E-state index in [2.05, 4.69) is 0 Å². The van der Waals surface area contributed by atoms with Crippen molar-refractivity contribution in [3.8, 4) is 0 Å². The van der Waals surface area contributed by atoms with E-state index >= 15 is 0 Å². The number of carbonyl (C=O) groups is 1. The van der Waals surface area contributed by atoms with E-state index in [0.717, 1.165) is 0 Å². The van der Waals surface area contributed by atoms with E-state index in [9.17, 15) is 14.9 Å². The van der Waals surface area contributed by atoms with Gasteiger partial charge in [0.15, 0.2) is 5.78 Å². The molecule has 25 heavy (non-hydrogen) atoms. The molecule has 7 heteroatoms. The molecule has 0 saturated heterocycles. The van der Waals surface area contributed by atoms with Gasteiger partial charge < -0.3 is 14.2 Å². The maximum absolute atomic E-state index is 12.5. The molecular weight excluding hydrogens is 326 g/mol. The summed E-state index contributed by atoms with van der Waals surface area (Å²) >= 11 is 0. The van der Waals surface area contributed by atoms with Gasteiger partial charge in [0.25, 0.3) is 5.69 Å². The maximum Gasteiger partial charge on any atom is 0.274 e. The highest BCUT2D eigenvalue weighted by atomic mass is 16.7. The Morgan fingerprint density at radius 2 is 1.80 bits per heavy atom. The molecule has 0 atom stereocenters. The molecule has 2 aromatic rings. The Balaban J connectivity index is 2.10. The van der Waals surface area contributed by atoms with Crippen LogP contribution in [0.25, 0.3) is 0 Å². The summed E-state index contributed by atoms with van der Waals surface area (Å²) in [7, 11) is 1.56. The number of ketones is 1. The van der Waals surface area contributed by atoms with Crippen molar-refractivity contribution in [2.24, 2.45) is 0 Å². The van der Waals surface area contributed by atoms with Gasteiger partial charge in [-0.1, -0.05) is 30.3 Å². The van der Waals surface area contributed by atoms with Crippen LogP contribution in [0, 0.1) is 10.1 Å². The topological polar surface area (TPSA) is 87.9 Å². The number of hydrogen-bond acceptors (Lipinski definition) is 6. The van der Waals surface area contributed by atoms with E-state index in [0.29, 0.717) is 29.9 Å². The first-order chi connectivity index (χ1) is 12.1. The van der Waals surface area contributed by atoms with Crippen LogP contribution >= 0.6 is 0 Å². The smallest absolute Gasteiger partial charge is 0.274 e. The molecule has 0 amide bonds. The minimum Gasteiger partial charge on any atom is -0.382 e. The number of nitro benzene ring substituents is 1. The molecule has 0 radical (unpaired) electrons. The van der Waals surface area contributed by atoms with E-state index in [1.165, 1.54) is 18.2 Å². The normalized spacial score (nSPS) is 10.6. The second-order valence-electron chi connectivity index (χ2n) is 5.16. The van der Waals surface area contributed by atoms with Gasteiger partial charge in [0, 0.05) is 24.3 Å². The van der Waals surface area contributed by atoms with Crippen molar-refractivity contribution in [2.75, 3.05) is 27.1 Å². The molecule has 0 spiro atoms. The molecule has 0 fully saturated rings. The summed E-state index contributed by atoms with van der Waals surface area (Å²) in [4.78, 5) is 23.1. The first-order valence-corrected chi connectivity index (χ1v) is 7.65. The van der Waals surface area contributed by atoms with Gasteiger partial charge in [-0.25, -0.2) is 0 Å². The number of benzene rings is 2. The van der Waals surface area contributed by atoms with Gasteiger partial charge in [0.1, 0.15) is 6.79 Å². The zero-order chi connectivity index (χ0) is 18.1. The van der Waals surface area contributed by atoms with Gasteiger partial charge in [-0.2, -0.15) is 0 Å². The average molecular weight is 345 g/mol. The number of carbonyl (C=O) groups excluding carboxylic acids is 1. The molecule has 0 unspecified atom stereocenters. The Labute approximate surface area is 145 Å². The third kappa shape index (κ3) is 5.46. The SMILES string of the molecule is COCCOCOCc1cc(C(=O)c2ccccc2)ccc1[N+](=O)[O-]. The second kappa shape index (κ2) is 9.63. The summed E-state index contributed by atoms with van der Waals surface area (Å²) in [5.41, 5.74) is 1.12. The van der Waals surface area contributed by atoms with Crippen LogP contribution in [-0.2, 0) is 20.8 Å². The third-order valence-electron chi connectivity index (χ3n) is 3.43. The zero-order valence-corrected chi connectivity index (χ0v) is 13.8. The lowest BCUT2D eigenvalue weighted by atomic mass is 10.0. The molecule has 0 aliphatic carbocycles. The summed E-state index contributed by atoms with van der Waals surface area (Å²) in [5.74, 6) is -0.201. The average Bonchev–Trinajstić information content (AvgIpc) is 2.64. The molecule has 2 aromatic carbocycles. The lowest BCUT2D eigenvalue weighted by Gasteiger charge is -2.08. The van der Waals surface area contributed by atoms with E-state index in [1.54, 1.807) is 31.4 Å². The number of ether oxygens (including phenoxy) is 3. The van der Waals surface area contributed by atoms with Crippen molar-refractivity contribution in [2.45, 2.75) is 6.61 Å². The lowest BCUT2D eigenvalue weighted by molar-refractivity contribution is -0.386. The van der Waals surface area contributed by atoms with E-state index in [4.69, 9.17) is 14.2 Å². The van der Waals surface area contributed by atoms with Gasteiger partial charge in [0.05, 0.1) is 30.3 Å². The minimum absolute atomic E-state index is 0.0165. The van der Waals surface area contributed by atoms with Crippen LogP contribution in [0.2, 0.25) is 0 Å². The predicted molar refractivity (Wildman–Crippen MR) is 90.5 cm³/mol. The lowest BCUT2D eigenvalue weighted by Crippen LogP contribution is -2.08. The van der Waals surface area contributed by atoms with Gasteiger partial charge in [-0.3, -0.25) is 14.9 Å². The fourth-order valence-corrected chi connectivity index (χ4v) is 2.19. The molecule has 0 aliphatic heterocycles. The Hall–Kier alpha value is -2.61. The van der Waals surface area contributed by atoms with Crippen molar-refractivity contribution < 1.29 is 23.9 Å². The molecule has 0 heterocycles. The summed E-state index contributed by atoms with van der Waals surface area (Å²) in [6.45, 7) is 0.756. The van der Waals surface area contributed by atoms with Crippen LogP contribution in [0.3, 0.4) is 0 Å². The Morgan fingerprint density at radius 3 is 2.48 bits per heavy atom. The van der Waals surface area contributed by atoms with Crippen molar-refractivity contribution in [1.82, 2.24) is 0 Å². The number of nitro groups is 1. The highest BCUT2D eigenvalue weighted by Crippen LogP contribution is 2.22. The van der Waals surface area contributed by atoms with Crippen molar-refractivity contribution >= 4 is 11.5 Å². The molecule has 0 N–H and O–H groups in total. The van der Waals surface area contributed by atoms with Gasteiger partial charge in [0.2, 0.25) is 0 Å². The van der Waals surface area contributed by atoms with Gasteiger partial charge in [-0.15, -0.1) is 0 Å². The molecule has 0 bridgehead atoms. The Bertz CT molecular complexity index is 717. The van der Waals surface area contributed by atoms with Crippen LogP contribution in [0.15, 0.2) is 48.5 Å². The van der Waals surface area contributed by atoms with Crippen molar-refractivity contribution in [1.29, 1.82) is 0 Å². The monoisotopic (exact) mass is 345 g/mol. The fraction of sp³-hybridized carbons (Fsp3) is 0.278. The minimum atomic E-state index is -0.499. The second-order valence-corrected chi connectivity index (χ2v) is 5.16. The van der Waals surface area contributed by atoms with Crippen LogP contribution in [0.4, 0.5) is 5.69 Å². The number of hydrogen-bond donors (Lipinski definition) is 0. The molecular formula is C18H19NO6. The quantitative estimate of drug-likeness (QED) is 0.216. The Morgan fingerprint density at radius 1 is 1.04 bits per heavy atom. The maximum atomic E-state index is 12.5. The highest BCUT2D eigenvalue weighted by Gasteiger charge is 2.17. The predicted octanol–water partition coefficient (Wildman–Crippen LogP) is 2.96. The number of methoxy groups -OCH3 is 1. The first-order valence-electron chi connectivity index (χ1n) is 7.65. The van der Waals surface area contributed by atoms with E-state index in [1.807, 2.05) is 6.07 Å². The molecule has 0 aromatic heterocycles. The summed E-state index contributed by atoms with van der Waals surface area (Å²) in [6.07, 6.45) is 0. The Kier molecular flexibility index (Phi) is 7.21. The van der Waals surface area contributed by atoms with Gasteiger partial charge in [-0.05, 0) is 12.1 Å². The van der Waals surface area contributed by atoms with E-state index in [-0.39, 0.29) is 24.9 Å². The zero-order valence-electron chi connectivity index (χ0n) is 13.8. The van der Waals surface area contributed by atoms with Gasteiger partial charge >= 0.3 is 0 Å². The first kappa shape index (κ1) is 18.7. The largest absolute Gasteiger partial charge is 0.382 e. The summed E-state index contributed by atoms with van der Waals surface area (Å²) in [6, 6.07) is 13.0. The third-order valence-corrected chi connectivity index (χ3v) is 3.43. The molecule has 0 saturated carbocycles. The molecule has 7 nitrogen and oxygen atoms in total. The van der Waals surface area contributed by atoms with Crippen LogP contribution in [0.5, 0.6) is 0 Å². The standard InChI is InChI=1S/C18H19NO6/c1-23-9-10-24-13-25-12-16-11-15(7-8-17(16)19(21)22)18(20)14-5-3-2-4-6-14/h2-8,11H,9-10,12-13H2,1H3. The van der Waals surface area contributed by atoms with Crippen LogP contribution in [0.1, 0.15) is 21.5 Å². The number of rotatable bonds is 10. The van der Waals surface area contributed by atoms with Crippen molar-refractivity contribution in [3.63, 3.8) is 0 Å². The van der Waals surface area contributed by atoms with Crippen molar-refractivity contribution in [3.05, 3.63) is 75.3 Å².